The molecule has 0 spiro atoms. The fraction of sp³-hybridized carbons (Fsp3) is 0.900. The summed E-state index contributed by atoms with van der Waals surface area (Å²) >= 11 is 0. The molecule has 1 fully saturated rings. The van der Waals surface area contributed by atoms with Gasteiger partial charge in [-0.2, -0.15) is 0 Å². The van der Waals surface area contributed by atoms with E-state index in [4.69, 9.17) is 0 Å². The van der Waals surface area contributed by atoms with Crippen molar-refractivity contribution in [1.82, 2.24) is 10.0 Å². The summed E-state index contributed by atoms with van der Waals surface area (Å²) in [5.41, 5.74) is -0.696. The molecule has 0 bridgehead atoms. The number of hydrogen-bond acceptors (Lipinski definition) is 3. The Hall–Kier alpha value is -0.610. The summed E-state index contributed by atoms with van der Waals surface area (Å²) in [6.07, 6.45) is 2.19. The van der Waals surface area contributed by atoms with Gasteiger partial charge in [0, 0.05) is 26.6 Å². The number of carbonyl (C=O) groups excluding carboxylic acids is 1. The van der Waals surface area contributed by atoms with Gasteiger partial charge >= 0.3 is 0 Å². The third-order valence-electron chi connectivity index (χ3n) is 2.51. The van der Waals surface area contributed by atoms with Crippen LogP contribution in [0.2, 0.25) is 0 Å². The molecule has 1 aliphatic heterocycles. The van der Waals surface area contributed by atoms with E-state index in [1.54, 1.807) is 18.9 Å². The molecule has 1 N–H and O–H groups in total. The smallest absolute Gasteiger partial charge is 0.236 e. The van der Waals surface area contributed by atoms with Crippen molar-refractivity contribution in [1.29, 1.82) is 0 Å². The number of hydrogen-bond donors (Lipinski definition) is 1. The van der Waals surface area contributed by atoms with Gasteiger partial charge in [0.05, 0.1) is 5.60 Å². The zero-order valence-corrected chi connectivity index (χ0v) is 9.29. The Morgan fingerprint density at radius 1 is 1.50 bits per heavy atom. The predicted molar refractivity (Wildman–Crippen MR) is 54.5 cm³/mol. The van der Waals surface area contributed by atoms with Crippen molar-refractivity contribution < 1.29 is 9.90 Å². The lowest BCUT2D eigenvalue weighted by Crippen LogP contribution is -2.49. The largest absolute Gasteiger partial charge is 0.390 e. The summed E-state index contributed by atoms with van der Waals surface area (Å²) < 4.78 is 0. The fourth-order valence-corrected chi connectivity index (χ4v) is 1.57. The van der Waals surface area contributed by atoms with Crippen LogP contribution < -0.4 is 0 Å². The van der Waals surface area contributed by atoms with E-state index >= 15 is 0 Å². The second kappa shape index (κ2) is 4.28. The molecule has 0 aliphatic carbocycles. The van der Waals surface area contributed by atoms with Crippen LogP contribution in [0, 0.1) is 0 Å². The molecule has 82 valence electrons. The Balaban J connectivity index is 2.45. The first-order chi connectivity index (χ1) is 6.40. The molecule has 4 nitrogen and oxygen atoms in total. The maximum absolute atomic E-state index is 11.5. The standard InChI is InChI=1S/C10H20N2O2/c1-10(2,14)6-8-12-9(13)5-4-7-11(12)3/h14H,4-8H2,1-3H3. The van der Waals surface area contributed by atoms with Crippen molar-refractivity contribution in [3.63, 3.8) is 0 Å². The Kier molecular flexibility index (Phi) is 3.50. The number of nitrogens with zero attached hydrogens (tertiary/aromatic N) is 2. The van der Waals surface area contributed by atoms with Crippen LogP contribution in [-0.2, 0) is 4.79 Å². The number of aliphatic hydroxyl groups is 1. The average Bonchev–Trinajstić information content (AvgIpc) is 2.01. The lowest BCUT2D eigenvalue weighted by molar-refractivity contribution is -0.153. The molecular weight excluding hydrogens is 180 g/mol. The highest BCUT2D eigenvalue weighted by atomic mass is 16.3. The highest BCUT2D eigenvalue weighted by Crippen LogP contribution is 2.14. The van der Waals surface area contributed by atoms with E-state index in [-0.39, 0.29) is 5.91 Å². The normalized spacial score (nSPS) is 20.3. The van der Waals surface area contributed by atoms with Gasteiger partial charge < -0.3 is 5.11 Å². The molecule has 0 aromatic rings. The van der Waals surface area contributed by atoms with E-state index in [0.717, 1.165) is 13.0 Å². The van der Waals surface area contributed by atoms with Crippen LogP contribution in [0.4, 0.5) is 0 Å². The van der Waals surface area contributed by atoms with Crippen molar-refractivity contribution in [3.8, 4) is 0 Å². The molecule has 0 saturated carbocycles. The van der Waals surface area contributed by atoms with Gasteiger partial charge in [0.1, 0.15) is 0 Å². The molecule has 1 amide bonds. The molecule has 1 rings (SSSR count). The topological polar surface area (TPSA) is 43.8 Å². The van der Waals surface area contributed by atoms with Gasteiger partial charge in [0.2, 0.25) is 5.91 Å². The van der Waals surface area contributed by atoms with Crippen LogP contribution >= 0.6 is 0 Å². The van der Waals surface area contributed by atoms with E-state index in [2.05, 4.69) is 0 Å². The lowest BCUT2D eigenvalue weighted by Gasteiger charge is -2.37. The highest BCUT2D eigenvalue weighted by molar-refractivity contribution is 5.76. The fourth-order valence-electron chi connectivity index (χ4n) is 1.57. The minimum absolute atomic E-state index is 0.169. The quantitative estimate of drug-likeness (QED) is 0.726. The van der Waals surface area contributed by atoms with Gasteiger partial charge in [-0.3, -0.25) is 9.80 Å². The number of carbonyl (C=O) groups is 1. The van der Waals surface area contributed by atoms with Crippen LogP contribution in [0.3, 0.4) is 0 Å². The first kappa shape index (κ1) is 11.5. The number of hydrazine groups is 1. The summed E-state index contributed by atoms with van der Waals surface area (Å²) in [6, 6.07) is 0. The zero-order valence-electron chi connectivity index (χ0n) is 9.29. The predicted octanol–water partition coefficient (Wildman–Crippen LogP) is 0.617. The maximum atomic E-state index is 11.5. The molecule has 0 aromatic carbocycles. The van der Waals surface area contributed by atoms with Gasteiger partial charge in [-0.25, -0.2) is 5.01 Å². The van der Waals surface area contributed by atoms with E-state index in [1.807, 2.05) is 12.1 Å². The van der Waals surface area contributed by atoms with Crippen molar-refractivity contribution >= 4 is 5.91 Å². The molecule has 0 aromatic heterocycles. The van der Waals surface area contributed by atoms with Crippen LogP contribution in [0.5, 0.6) is 0 Å². The SMILES string of the molecule is CN1CCCC(=O)N1CCC(C)(C)O. The van der Waals surface area contributed by atoms with Crippen LogP contribution in [0.15, 0.2) is 0 Å². The third-order valence-corrected chi connectivity index (χ3v) is 2.51. The molecule has 4 heteroatoms. The zero-order chi connectivity index (χ0) is 10.8. The number of amides is 1. The van der Waals surface area contributed by atoms with Gasteiger partial charge in [-0.05, 0) is 26.7 Å². The summed E-state index contributed by atoms with van der Waals surface area (Å²) in [4.78, 5) is 11.5. The molecule has 1 saturated heterocycles. The first-order valence-electron chi connectivity index (χ1n) is 5.14. The molecule has 0 unspecified atom stereocenters. The Labute approximate surface area is 85.5 Å². The lowest BCUT2D eigenvalue weighted by atomic mass is 10.1. The van der Waals surface area contributed by atoms with Crippen molar-refractivity contribution in [2.45, 2.75) is 38.7 Å². The molecule has 14 heavy (non-hydrogen) atoms. The summed E-state index contributed by atoms with van der Waals surface area (Å²) in [7, 11) is 1.92. The molecule has 0 atom stereocenters. The van der Waals surface area contributed by atoms with Crippen molar-refractivity contribution in [3.05, 3.63) is 0 Å². The van der Waals surface area contributed by atoms with Gasteiger partial charge in [0.25, 0.3) is 0 Å². The van der Waals surface area contributed by atoms with Gasteiger partial charge in [-0.15, -0.1) is 0 Å². The van der Waals surface area contributed by atoms with Crippen molar-refractivity contribution in [2.75, 3.05) is 20.1 Å². The Bertz CT molecular complexity index is 211. The van der Waals surface area contributed by atoms with E-state index in [9.17, 15) is 9.90 Å². The summed E-state index contributed by atoms with van der Waals surface area (Å²) in [5, 5.41) is 13.2. The van der Waals surface area contributed by atoms with Crippen LogP contribution in [0.25, 0.3) is 0 Å². The molecular formula is C10H20N2O2. The highest BCUT2D eigenvalue weighted by Gasteiger charge is 2.24. The second-order valence-corrected chi connectivity index (χ2v) is 4.56. The third kappa shape index (κ3) is 3.27. The van der Waals surface area contributed by atoms with Gasteiger partial charge in [-0.1, -0.05) is 0 Å². The van der Waals surface area contributed by atoms with Crippen LogP contribution in [-0.4, -0.2) is 46.8 Å². The molecule has 1 aliphatic rings. The van der Waals surface area contributed by atoms with E-state index in [0.29, 0.717) is 19.4 Å². The second-order valence-electron chi connectivity index (χ2n) is 4.56. The summed E-state index contributed by atoms with van der Waals surface area (Å²) in [5.74, 6) is 0.169. The number of rotatable bonds is 3. The van der Waals surface area contributed by atoms with E-state index in [1.165, 1.54) is 0 Å². The van der Waals surface area contributed by atoms with Gasteiger partial charge in [0.15, 0.2) is 0 Å². The average molecular weight is 200 g/mol. The van der Waals surface area contributed by atoms with Crippen LogP contribution in [0.1, 0.15) is 33.1 Å². The molecule has 1 heterocycles. The van der Waals surface area contributed by atoms with E-state index < -0.39 is 5.60 Å². The maximum Gasteiger partial charge on any atom is 0.236 e. The first-order valence-corrected chi connectivity index (χ1v) is 5.14. The Morgan fingerprint density at radius 3 is 2.64 bits per heavy atom. The Morgan fingerprint density at radius 2 is 2.14 bits per heavy atom. The summed E-state index contributed by atoms with van der Waals surface area (Å²) in [6.45, 7) is 5.07. The molecule has 0 radical (unpaired) electrons. The monoisotopic (exact) mass is 200 g/mol. The minimum atomic E-state index is -0.696. The minimum Gasteiger partial charge on any atom is -0.390 e. The van der Waals surface area contributed by atoms with Crippen molar-refractivity contribution in [2.24, 2.45) is 0 Å².